The molecule has 0 bridgehead atoms. The molecule has 1 nitrogen and oxygen atoms in total. The molecule has 0 aliphatic carbocycles. The first-order chi connectivity index (χ1) is 9.63. The molecule has 0 saturated carbocycles. The molecule has 0 aliphatic rings. The molecule has 0 radical (unpaired) electrons. The third-order valence-corrected chi connectivity index (χ3v) is 3.83. The van der Waals surface area contributed by atoms with Crippen molar-refractivity contribution < 1.29 is 4.39 Å². The second kappa shape index (κ2) is 7.07. The molecule has 0 saturated heterocycles. The van der Waals surface area contributed by atoms with Crippen molar-refractivity contribution in [1.82, 2.24) is 5.32 Å². The Morgan fingerprint density at radius 3 is 2.50 bits per heavy atom. The van der Waals surface area contributed by atoms with Crippen LogP contribution in [0.4, 0.5) is 4.39 Å². The maximum Gasteiger partial charge on any atom is 0.128 e. The molecule has 106 valence electrons. The maximum atomic E-state index is 14.0. The fourth-order valence-electron chi connectivity index (χ4n) is 2.10. The quantitative estimate of drug-likeness (QED) is 0.798. The topological polar surface area (TPSA) is 12.0 Å². The van der Waals surface area contributed by atoms with E-state index in [1.165, 1.54) is 6.07 Å². The molecule has 1 N–H and O–H groups in total. The SMILES string of the molecule is CCCNC(c1ccc(Cl)c(Cl)c1)c1ccccc1F. The highest BCUT2D eigenvalue weighted by molar-refractivity contribution is 6.42. The second-order valence-electron chi connectivity index (χ2n) is 4.58. The summed E-state index contributed by atoms with van der Waals surface area (Å²) in [7, 11) is 0. The molecule has 20 heavy (non-hydrogen) atoms. The number of rotatable bonds is 5. The van der Waals surface area contributed by atoms with E-state index < -0.39 is 0 Å². The van der Waals surface area contributed by atoms with Gasteiger partial charge in [0.05, 0.1) is 16.1 Å². The lowest BCUT2D eigenvalue weighted by Crippen LogP contribution is -2.24. The summed E-state index contributed by atoms with van der Waals surface area (Å²) in [4.78, 5) is 0. The molecule has 2 aromatic carbocycles. The highest BCUT2D eigenvalue weighted by Gasteiger charge is 2.17. The zero-order valence-corrected chi connectivity index (χ0v) is 12.7. The summed E-state index contributed by atoms with van der Waals surface area (Å²) in [6.45, 7) is 2.86. The van der Waals surface area contributed by atoms with E-state index in [0.717, 1.165) is 18.5 Å². The Labute approximate surface area is 128 Å². The molecule has 2 rings (SSSR count). The lowest BCUT2D eigenvalue weighted by atomic mass is 9.98. The van der Waals surface area contributed by atoms with E-state index in [0.29, 0.717) is 15.6 Å². The van der Waals surface area contributed by atoms with Gasteiger partial charge in [-0.3, -0.25) is 0 Å². The van der Waals surface area contributed by atoms with Crippen molar-refractivity contribution in [3.05, 3.63) is 69.5 Å². The minimum atomic E-state index is -0.231. The fourth-order valence-corrected chi connectivity index (χ4v) is 2.40. The van der Waals surface area contributed by atoms with Gasteiger partial charge >= 0.3 is 0 Å². The van der Waals surface area contributed by atoms with E-state index in [1.54, 1.807) is 24.3 Å². The van der Waals surface area contributed by atoms with Crippen LogP contribution < -0.4 is 5.32 Å². The lowest BCUT2D eigenvalue weighted by molar-refractivity contribution is 0.547. The molecule has 1 atom stereocenters. The number of benzene rings is 2. The van der Waals surface area contributed by atoms with Gasteiger partial charge in [-0.2, -0.15) is 0 Å². The Bertz CT molecular complexity index is 586. The summed E-state index contributed by atoms with van der Waals surface area (Å²) >= 11 is 12.0. The van der Waals surface area contributed by atoms with Crippen LogP contribution in [0.3, 0.4) is 0 Å². The summed E-state index contributed by atoms with van der Waals surface area (Å²) < 4.78 is 14.0. The number of halogens is 3. The molecule has 0 spiro atoms. The Balaban J connectivity index is 2.41. The zero-order chi connectivity index (χ0) is 14.5. The summed E-state index contributed by atoms with van der Waals surface area (Å²) in [5.74, 6) is -0.229. The van der Waals surface area contributed by atoms with Gasteiger partial charge in [0.1, 0.15) is 5.82 Å². The first kappa shape index (κ1) is 15.3. The molecule has 0 fully saturated rings. The first-order valence-corrected chi connectivity index (χ1v) is 7.31. The molecular weight excluding hydrogens is 296 g/mol. The Kier molecular flexibility index (Phi) is 5.41. The van der Waals surface area contributed by atoms with Gasteiger partial charge in [-0.05, 0) is 36.7 Å². The summed E-state index contributed by atoms with van der Waals surface area (Å²) in [6.07, 6.45) is 0.965. The Morgan fingerprint density at radius 2 is 1.85 bits per heavy atom. The number of hydrogen-bond acceptors (Lipinski definition) is 1. The van der Waals surface area contributed by atoms with Gasteiger partial charge in [0, 0.05) is 5.56 Å². The Hall–Kier alpha value is -1.09. The molecular formula is C16H16Cl2FN. The van der Waals surface area contributed by atoms with Crippen LogP contribution in [-0.2, 0) is 0 Å². The molecule has 0 amide bonds. The average Bonchev–Trinajstić information content (AvgIpc) is 2.44. The number of nitrogens with one attached hydrogen (secondary N) is 1. The highest BCUT2D eigenvalue weighted by atomic mass is 35.5. The van der Waals surface area contributed by atoms with Crippen molar-refractivity contribution >= 4 is 23.2 Å². The van der Waals surface area contributed by atoms with Crippen molar-refractivity contribution in [3.63, 3.8) is 0 Å². The van der Waals surface area contributed by atoms with Gasteiger partial charge in [-0.15, -0.1) is 0 Å². The van der Waals surface area contributed by atoms with E-state index in [4.69, 9.17) is 23.2 Å². The van der Waals surface area contributed by atoms with Crippen molar-refractivity contribution in [2.75, 3.05) is 6.54 Å². The van der Waals surface area contributed by atoms with E-state index in [1.807, 2.05) is 12.1 Å². The Morgan fingerprint density at radius 1 is 1.10 bits per heavy atom. The lowest BCUT2D eigenvalue weighted by Gasteiger charge is -2.20. The molecule has 2 aromatic rings. The summed E-state index contributed by atoms with van der Waals surface area (Å²) in [6, 6.07) is 11.9. The monoisotopic (exact) mass is 311 g/mol. The van der Waals surface area contributed by atoms with Crippen LogP contribution in [0.5, 0.6) is 0 Å². The van der Waals surface area contributed by atoms with Crippen molar-refractivity contribution in [3.8, 4) is 0 Å². The predicted molar refractivity (Wildman–Crippen MR) is 83.0 cm³/mol. The number of hydrogen-bond donors (Lipinski definition) is 1. The largest absolute Gasteiger partial charge is 0.306 e. The predicted octanol–water partition coefficient (Wildman–Crippen LogP) is 5.22. The van der Waals surface area contributed by atoms with Gasteiger partial charge in [0.25, 0.3) is 0 Å². The second-order valence-corrected chi connectivity index (χ2v) is 5.40. The zero-order valence-electron chi connectivity index (χ0n) is 11.2. The van der Waals surface area contributed by atoms with E-state index in [9.17, 15) is 4.39 Å². The van der Waals surface area contributed by atoms with Gasteiger partial charge in [-0.1, -0.05) is 54.4 Å². The van der Waals surface area contributed by atoms with E-state index in [2.05, 4.69) is 12.2 Å². The van der Waals surface area contributed by atoms with Gasteiger partial charge in [-0.25, -0.2) is 4.39 Å². The van der Waals surface area contributed by atoms with Crippen LogP contribution in [0.25, 0.3) is 0 Å². The van der Waals surface area contributed by atoms with E-state index in [-0.39, 0.29) is 11.9 Å². The van der Waals surface area contributed by atoms with Crippen molar-refractivity contribution in [2.24, 2.45) is 0 Å². The molecule has 4 heteroatoms. The fraction of sp³-hybridized carbons (Fsp3) is 0.250. The summed E-state index contributed by atoms with van der Waals surface area (Å²) in [5, 5.41) is 4.32. The molecule has 1 unspecified atom stereocenters. The van der Waals surface area contributed by atoms with Crippen LogP contribution in [0, 0.1) is 5.82 Å². The summed E-state index contributed by atoms with van der Waals surface area (Å²) in [5.41, 5.74) is 1.51. The minimum absolute atomic E-state index is 0.229. The third-order valence-electron chi connectivity index (χ3n) is 3.09. The van der Waals surface area contributed by atoms with Crippen LogP contribution in [0.2, 0.25) is 10.0 Å². The molecule has 0 heterocycles. The maximum absolute atomic E-state index is 14.0. The normalized spacial score (nSPS) is 12.4. The third kappa shape index (κ3) is 3.51. The van der Waals surface area contributed by atoms with Gasteiger partial charge < -0.3 is 5.32 Å². The average molecular weight is 312 g/mol. The van der Waals surface area contributed by atoms with Crippen LogP contribution >= 0.6 is 23.2 Å². The van der Waals surface area contributed by atoms with Crippen LogP contribution in [0.1, 0.15) is 30.5 Å². The van der Waals surface area contributed by atoms with Crippen LogP contribution in [0.15, 0.2) is 42.5 Å². The van der Waals surface area contributed by atoms with E-state index >= 15 is 0 Å². The minimum Gasteiger partial charge on any atom is -0.306 e. The van der Waals surface area contributed by atoms with Gasteiger partial charge in [0.2, 0.25) is 0 Å². The standard InChI is InChI=1S/C16H16Cl2FN/c1-2-9-20-16(12-5-3-4-6-15(12)19)11-7-8-13(17)14(18)10-11/h3-8,10,16,20H,2,9H2,1H3. The first-order valence-electron chi connectivity index (χ1n) is 6.56. The van der Waals surface area contributed by atoms with Gasteiger partial charge in [0.15, 0.2) is 0 Å². The van der Waals surface area contributed by atoms with Crippen LogP contribution in [-0.4, -0.2) is 6.54 Å². The highest BCUT2D eigenvalue weighted by Crippen LogP contribution is 2.30. The van der Waals surface area contributed by atoms with Crippen molar-refractivity contribution in [2.45, 2.75) is 19.4 Å². The molecule has 0 aliphatic heterocycles. The smallest absolute Gasteiger partial charge is 0.128 e. The molecule has 0 aromatic heterocycles. The van der Waals surface area contributed by atoms with Crippen molar-refractivity contribution in [1.29, 1.82) is 0 Å².